The van der Waals surface area contributed by atoms with Crippen LogP contribution in [-0.4, -0.2) is 22.5 Å². The van der Waals surface area contributed by atoms with Crippen molar-refractivity contribution in [1.29, 1.82) is 0 Å². The molecule has 1 amide bonds. The molecule has 2 heterocycles. The van der Waals surface area contributed by atoms with Crippen molar-refractivity contribution >= 4 is 22.8 Å². The van der Waals surface area contributed by atoms with Crippen LogP contribution in [0.25, 0.3) is 22.7 Å². The van der Waals surface area contributed by atoms with Crippen molar-refractivity contribution < 1.29 is 13.9 Å². The Morgan fingerprint density at radius 3 is 2.69 bits per heavy atom. The molecule has 4 rings (SSSR count). The third-order valence-corrected chi connectivity index (χ3v) is 4.61. The molecule has 0 atom stereocenters. The van der Waals surface area contributed by atoms with Crippen LogP contribution in [0.3, 0.4) is 0 Å². The highest BCUT2D eigenvalue weighted by Gasteiger charge is 2.11. The molecule has 0 saturated carbocycles. The highest BCUT2D eigenvalue weighted by molar-refractivity contribution is 5.93. The predicted molar refractivity (Wildman–Crippen MR) is 112 cm³/mol. The molecule has 6 heteroatoms. The lowest BCUT2D eigenvalue weighted by molar-refractivity contribution is -0.118. The van der Waals surface area contributed by atoms with Crippen LogP contribution in [0.2, 0.25) is 0 Å². The molecule has 29 heavy (non-hydrogen) atoms. The monoisotopic (exact) mass is 387 g/mol. The number of aromatic nitrogens is 2. The number of hydrogen-bond donors (Lipinski definition) is 1. The van der Waals surface area contributed by atoms with E-state index in [9.17, 15) is 4.79 Å². The Balaban J connectivity index is 1.41. The quantitative estimate of drug-likeness (QED) is 0.515. The fraction of sp³-hybridized carbons (Fsp3) is 0.174. The van der Waals surface area contributed by atoms with E-state index >= 15 is 0 Å². The summed E-state index contributed by atoms with van der Waals surface area (Å²) in [6.45, 7) is 3.96. The fourth-order valence-electron chi connectivity index (χ4n) is 2.99. The van der Waals surface area contributed by atoms with Gasteiger partial charge in [-0.3, -0.25) is 4.79 Å². The van der Waals surface area contributed by atoms with E-state index in [4.69, 9.17) is 9.15 Å². The Morgan fingerprint density at radius 2 is 1.97 bits per heavy atom. The van der Waals surface area contributed by atoms with Crippen molar-refractivity contribution in [2.24, 2.45) is 0 Å². The summed E-state index contributed by atoms with van der Waals surface area (Å²) in [6.07, 6.45) is 2.65. The number of hydrogen-bond acceptors (Lipinski definition) is 5. The van der Waals surface area contributed by atoms with Gasteiger partial charge in [0.25, 0.3) is 5.91 Å². The van der Waals surface area contributed by atoms with Crippen LogP contribution < -0.4 is 10.1 Å². The van der Waals surface area contributed by atoms with Crippen LogP contribution in [0.5, 0.6) is 5.75 Å². The van der Waals surface area contributed by atoms with E-state index in [1.54, 1.807) is 12.3 Å². The Labute approximate surface area is 168 Å². The van der Waals surface area contributed by atoms with E-state index in [1.807, 2.05) is 55.5 Å². The molecule has 0 spiro atoms. The Kier molecular flexibility index (Phi) is 5.24. The second-order valence-electron chi connectivity index (χ2n) is 6.71. The first-order valence-electron chi connectivity index (χ1n) is 9.46. The summed E-state index contributed by atoms with van der Waals surface area (Å²) in [5.74, 6) is 0.957. The smallest absolute Gasteiger partial charge is 0.262 e. The topological polar surface area (TPSA) is 77.2 Å². The molecular weight excluding hydrogens is 366 g/mol. The van der Waals surface area contributed by atoms with Crippen molar-refractivity contribution in [3.63, 3.8) is 0 Å². The molecule has 0 aliphatic heterocycles. The zero-order valence-electron chi connectivity index (χ0n) is 16.3. The second kappa shape index (κ2) is 8.14. The maximum atomic E-state index is 12.3. The third kappa shape index (κ3) is 4.27. The molecule has 146 valence electrons. The van der Waals surface area contributed by atoms with Crippen LogP contribution in [-0.2, 0) is 11.2 Å². The number of carbonyl (C=O) groups excluding carboxylic acids is 1. The summed E-state index contributed by atoms with van der Waals surface area (Å²) in [6, 6.07) is 17.0. The average molecular weight is 387 g/mol. The lowest BCUT2D eigenvalue weighted by Crippen LogP contribution is -2.20. The number of aryl methyl sites for hydroxylation is 2. The van der Waals surface area contributed by atoms with Crippen LogP contribution >= 0.6 is 0 Å². The summed E-state index contributed by atoms with van der Waals surface area (Å²) >= 11 is 0. The molecule has 2 aromatic carbocycles. The fourth-order valence-corrected chi connectivity index (χ4v) is 2.99. The summed E-state index contributed by atoms with van der Waals surface area (Å²) < 4.78 is 11.3. The number of anilines is 1. The summed E-state index contributed by atoms with van der Waals surface area (Å²) in [5, 5.41) is 2.88. The van der Waals surface area contributed by atoms with Crippen molar-refractivity contribution in [2.75, 3.05) is 11.9 Å². The van der Waals surface area contributed by atoms with E-state index in [2.05, 4.69) is 22.2 Å². The molecule has 2 aromatic heterocycles. The van der Waals surface area contributed by atoms with Gasteiger partial charge in [0.2, 0.25) is 5.89 Å². The number of ether oxygens (including phenoxy) is 1. The number of oxazole rings is 1. The van der Waals surface area contributed by atoms with Crippen molar-refractivity contribution in [3.8, 4) is 17.2 Å². The molecule has 0 unspecified atom stereocenters. The number of pyridine rings is 1. The van der Waals surface area contributed by atoms with Gasteiger partial charge in [0, 0.05) is 17.4 Å². The van der Waals surface area contributed by atoms with Crippen LogP contribution in [0.4, 0.5) is 5.69 Å². The largest absolute Gasteiger partial charge is 0.484 e. The molecule has 0 bridgehead atoms. The van der Waals surface area contributed by atoms with E-state index < -0.39 is 0 Å². The molecule has 0 saturated heterocycles. The number of amides is 1. The Hall–Kier alpha value is -3.67. The maximum Gasteiger partial charge on any atom is 0.262 e. The highest BCUT2D eigenvalue weighted by Crippen LogP contribution is 2.26. The standard InChI is InChI=1S/C23H21N3O3/c1-3-16-6-9-18(10-7-16)28-14-21(27)25-19-11-8-17(13-15(19)2)23-26-22-20(29-23)5-4-12-24-22/h4-13H,3,14H2,1-2H3,(H,25,27). The van der Waals surface area contributed by atoms with Crippen LogP contribution in [0, 0.1) is 6.92 Å². The minimum atomic E-state index is -0.216. The van der Waals surface area contributed by atoms with Gasteiger partial charge in [-0.15, -0.1) is 0 Å². The van der Waals surface area contributed by atoms with Gasteiger partial charge in [-0.1, -0.05) is 19.1 Å². The molecule has 4 aromatic rings. The molecule has 0 fully saturated rings. The van der Waals surface area contributed by atoms with Crippen molar-refractivity contribution in [2.45, 2.75) is 20.3 Å². The first-order chi connectivity index (χ1) is 14.1. The molecule has 0 radical (unpaired) electrons. The average Bonchev–Trinajstić information content (AvgIpc) is 3.18. The summed E-state index contributed by atoms with van der Waals surface area (Å²) in [5.41, 5.74) is 4.89. The molecule has 1 N–H and O–H groups in total. The van der Waals surface area contributed by atoms with E-state index in [0.29, 0.717) is 22.9 Å². The number of fused-ring (bicyclic) bond motifs is 1. The van der Waals surface area contributed by atoms with Crippen LogP contribution in [0.15, 0.2) is 65.2 Å². The number of benzene rings is 2. The van der Waals surface area contributed by atoms with Gasteiger partial charge >= 0.3 is 0 Å². The van der Waals surface area contributed by atoms with E-state index in [1.165, 1.54) is 5.56 Å². The second-order valence-corrected chi connectivity index (χ2v) is 6.71. The summed E-state index contributed by atoms with van der Waals surface area (Å²) in [4.78, 5) is 20.8. The van der Waals surface area contributed by atoms with Gasteiger partial charge in [0.1, 0.15) is 5.75 Å². The number of rotatable bonds is 6. The van der Waals surface area contributed by atoms with Crippen molar-refractivity contribution in [1.82, 2.24) is 9.97 Å². The SMILES string of the molecule is CCc1ccc(OCC(=O)Nc2ccc(-c3nc4ncccc4o3)cc2C)cc1. The number of nitrogens with zero attached hydrogens (tertiary/aromatic N) is 2. The van der Waals surface area contributed by atoms with Gasteiger partial charge in [-0.05, 0) is 66.9 Å². The lowest BCUT2D eigenvalue weighted by Gasteiger charge is -2.10. The lowest BCUT2D eigenvalue weighted by atomic mass is 10.1. The van der Waals surface area contributed by atoms with E-state index in [0.717, 1.165) is 23.2 Å². The Bertz CT molecular complexity index is 1120. The first kappa shape index (κ1) is 18.7. The van der Waals surface area contributed by atoms with Crippen LogP contribution in [0.1, 0.15) is 18.1 Å². The van der Waals surface area contributed by atoms with Gasteiger partial charge in [-0.2, -0.15) is 4.98 Å². The normalized spacial score (nSPS) is 10.8. The first-order valence-corrected chi connectivity index (χ1v) is 9.46. The van der Waals surface area contributed by atoms with Gasteiger partial charge in [0.05, 0.1) is 0 Å². The highest BCUT2D eigenvalue weighted by atomic mass is 16.5. The minimum absolute atomic E-state index is 0.0521. The molecule has 0 aliphatic rings. The van der Waals surface area contributed by atoms with Gasteiger partial charge in [0.15, 0.2) is 17.8 Å². The maximum absolute atomic E-state index is 12.3. The zero-order valence-corrected chi connectivity index (χ0v) is 16.3. The van der Waals surface area contributed by atoms with Gasteiger partial charge < -0.3 is 14.5 Å². The predicted octanol–water partition coefficient (Wildman–Crippen LogP) is 4.78. The van der Waals surface area contributed by atoms with E-state index in [-0.39, 0.29) is 12.5 Å². The third-order valence-electron chi connectivity index (χ3n) is 4.61. The summed E-state index contributed by atoms with van der Waals surface area (Å²) in [7, 11) is 0. The van der Waals surface area contributed by atoms with Crippen molar-refractivity contribution in [3.05, 3.63) is 71.9 Å². The molecule has 6 nitrogen and oxygen atoms in total. The molecule has 0 aliphatic carbocycles. The zero-order chi connectivity index (χ0) is 20.2. The minimum Gasteiger partial charge on any atom is -0.484 e. The molecular formula is C23H21N3O3. The van der Waals surface area contributed by atoms with Gasteiger partial charge in [-0.25, -0.2) is 4.98 Å². The number of nitrogens with one attached hydrogen (secondary N) is 1. The Morgan fingerprint density at radius 1 is 1.14 bits per heavy atom. The number of carbonyl (C=O) groups is 1.